The van der Waals surface area contributed by atoms with Gasteiger partial charge in [0.2, 0.25) is 0 Å². The first-order chi connectivity index (χ1) is 12.8. The molecule has 0 aliphatic heterocycles. The molecule has 0 spiro atoms. The summed E-state index contributed by atoms with van der Waals surface area (Å²) in [6.07, 6.45) is 0. The average Bonchev–Trinajstić information content (AvgIpc) is 2.65. The van der Waals surface area contributed by atoms with Gasteiger partial charge in [-0.2, -0.15) is 0 Å². The van der Waals surface area contributed by atoms with Crippen LogP contribution >= 0.6 is 23.2 Å². The summed E-state index contributed by atoms with van der Waals surface area (Å²) in [5, 5.41) is 23.5. The molecule has 0 bridgehead atoms. The molecule has 0 saturated carbocycles. The Balaban J connectivity index is 1.77. The van der Waals surface area contributed by atoms with E-state index >= 15 is 0 Å². The number of nitro groups is 1. The van der Waals surface area contributed by atoms with Gasteiger partial charge in [-0.3, -0.25) is 14.9 Å². The number of carbonyl (C=O) groups excluding carboxylic acids is 1. The molecule has 2 N–H and O–H groups in total. The molecule has 0 aliphatic carbocycles. The van der Waals surface area contributed by atoms with Crippen molar-refractivity contribution < 1.29 is 14.8 Å². The number of phenolic OH excluding ortho intramolecular Hbond substituents is 1. The smallest absolute Gasteiger partial charge is 0.269 e. The molecule has 0 atom stereocenters. The lowest BCUT2D eigenvalue weighted by Crippen LogP contribution is -2.12. The van der Waals surface area contributed by atoms with Gasteiger partial charge in [0.1, 0.15) is 5.75 Å². The standard InChI is InChI=1S/C19H12Cl2N2O4/c20-16-9-15(18(24)10-17(16)21)19(25)22-13-5-1-11(2-6-13)12-3-7-14(8-4-12)23(26)27/h1-10,24H,(H,22,25). The van der Waals surface area contributed by atoms with E-state index in [-0.39, 0.29) is 27.0 Å². The molecule has 6 nitrogen and oxygen atoms in total. The highest BCUT2D eigenvalue weighted by molar-refractivity contribution is 6.42. The highest BCUT2D eigenvalue weighted by Crippen LogP contribution is 2.30. The van der Waals surface area contributed by atoms with Gasteiger partial charge in [-0.1, -0.05) is 35.3 Å². The van der Waals surface area contributed by atoms with Gasteiger partial charge in [-0.25, -0.2) is 0 Å². The van der Waals surface area contributed by atoms with Crippen molar-refractivity contribution in [1.29, 1.82) is 0 Å². The monoisotopic (exact) mass is 402 g/mol. The van der Waals surface area contributed by atoms with Crippen molar-refractivity contribution in [3.8, 4) is 16.9 Å². The SMILES string of the molecule is O=C(Nc1ccc(-c2ccc([N+](=O)[O-])cc2)cc1)c1cc(Cl)c(Cl)cc1O. The van der Waals surface area contributed by atoms with Crippen molar-refractivity contribution in [3.05, 3.63) is 86.4 Å². The third-order valence-electron chi connectivity index (χ3n) is 3.84. The zero-order chi connectivity index (χ0) is 19.6. The number of nitro benzene ring substituents is 1. The van der Waals surface area contributed by atoms with Gasteiger partial charge in [-0.05, 0) is 41.5 Å². The van der Waals surface area contributed by atoms with Crippen LogP contribution in [0.25, 0.3) is 11.1 Å². The Kier molecular flexibility index (Phi) is 5.30. The maximum absolute atomic E-state index is 12.3. The largest absolute Gasteiger partial charge is 0.507 e. The zero-order valence-electron chi connectivity index (χ0n) is 13.6. The molecule has 0 radical (unpaired) electrons. The maximum Gasteiger partial charge on any atom is 0.269 e. The van der Waals surface area contributed by atoms with Gasteiger partial charge in [-0.15, -0.1) is 0 Å². The number of hydrogen-bond acceptors (Lipinski definition) is 4. The van der Waals surface area contributed by atoms with Crippen LogP contribution in [0.2, 0.25) is 10.0 Å². The van der Waals surface area contributed by atoms with E-state index in [0.29, 0.717) is 5.69 Å². The van der Waals surface area contributed by atoms with E-state index in [1.165, 1.54) is 24.3 Å². The van der Waals surface area contributed by atoms with E-state index in [1.807, 2.05) is 0 Å². The molecule has 0 aromatic heterocycles. The van der Waals surface area contributed by atoms with Crippen LogP contribution in [0.5, 0.6) is 5.75 Å². The van der Waals surface area contributed by atoms with Gasteiger partial charge in [0.05, 0.1) is 20.5 Å². The van der Waals surface area contributed by atoms with Crippen molar-refractivity contribution in [3.63, 3.8) is 0 Å². The molecule has 0 fully saturated rings. The number of phenols is 1. The highest BCUT2D eigenvalue weighted by Gasteiger charge is 2.14. The number of nitrogens with zero attached hydrogens (tertiary/aromatic N) is 1. The van der Waals surface area contributed by atoms with Crippen molar-refractivity contribution >= 4 is 40.5 Å². The molecule has 3 aromatic rings. The predicted octanol–water partition coefficient (Wildman–Crippen LogP) is 5.53. The quantitative estimate of drug-likeness (QED) is 0.443. The fourth-order valence-electron chi connectivity index (χ4n) is 2.44. The third kappa shape index (κ3) is 4.19. The number of carbonyl (C=O) groups is 1. The first-order valence-electron chi connectivity index (χ1n) is 7.69. The predicted molar refractivity (Wildman–Crippen MR) is 105 cm³/mol. The number of anilines is 1. The molecular weight excluding hydrogens is 391 g/mol. The molecule has 0 heterocycles. The Morgan fingerprint density at radius 3 is 2.00 bits per heavy atom. The topological polar surface area (TPSA) is 92.5 Å². The summed E-state index contributed by atoms with van der Waals surface area (Å²) in [7, 11) is 0. The highest BCUT2D eigenvalue weighted by atomic mass is 35.5. The van der Waals surface area contributed by atoms with Crippen molar-refractivity contribution in [2.24, 2.45) is 0 Å². The third-order valence-corrected chi connectivity index (χ3v) is 4.56. The lowest BCUT2D eigenvalue weighted by atomic mass is 10.0. The first-order valence-corrected chi connectivity index (χ1v) is 8.45. The van der Waals surface area contributed by atoms with Crippen LogP contribution in [0.15, 0.2) is 60.7 Å². The number of amides is 1. The Morgan fingerprint density at radius 1 is 0.926 bits per heavy atom. The lowest BCUT2D eigenvalue weighted by molar-refractivity contribution is -0.384. The summed E-state index contributed by atoms with van der Waals surface area (Å²) in [6, 6.07) is 15.6. The van der Waals surface area contributed by atoms with Gasteiger partial charge in [0.15, 0.2) is 0 Å². The summed E-state index contributed by atoms with van der Waals surface area (Å²) in [5.74, 6) is -0.807. The Hall–Kier alpha value is -3.09. The van der Waals surface area contributed by atoms with Gasteiger partial charge in [0, 0.05) is 23.9 Å². The zero-order valence-corrected chi connectivity index (χ0v) is 15.2. The lowest BCUT2D eigenvalue weighted by Gasteiger charge is -2.09. The molecule has 27 heavy (non-hydrogen) atoms. The molecule has 0 aliphatic rings. The van der Waals surface area contributed by atoms with Gasteiger partial charge < -0.3 is 10.4 Å². The number of nitrogens with one attached hydrogen (secondary N) is 1. The summed E-state index contributed by atoms with van der Waals surface area (Å²) in [6.45, 7) is 0. The van der Waals surface area contributed by atoms with Crippen LogP contribution in [-0.2, 0) is 0 Å². The first kappa shape index (κ1) is 18.7. The van der Waals surface area contributed by atoms with E-state index in [1.54, 1.807) is 36.4 Å². The molecule has 0 saturated heterocycles. The Labute approximate surface area is 164 Å². The second kappa shape index (κ2) is 7.65. The van der Waals surface area contributed by atoms with E-state index < -0.39 is 10.8 Å². The van der Waals surface area contributed by atoms with Crippen molar-refractivity contribution in [2.45, 2.75) is 0 Å². The molecule has 3 aromatic carbocycles. The van der Waals surface area contributed by atoms with Gasteiger partial charge in [0.25, 0.3) is 11.6 Å². The maximum atomic E-state index is 12.3. The van der Waals surface area contributed by atoms with Crippen molar-refractivity contribution in [1.82, 2.24) is 0 Å². The number of aromatic hydroxyl groups is 1. The summed E-state index contributed by atoms with van der Waals surface area (Å²) in [4.78, 5) is 22.6. The molecule has 1 amide bonds. The summed E-state index contributed by atoms with van der Waals surface area (Å²) in [5.41, 5.74) is 2.17. The molecule has 0 unspecified atom stereocenters. The van der Waals surface area contributed by atoms with Crippen LogP contribution in [0.3, 0.4) is 0 Å². The van der Waals surface area contributed by atoms with Gasteiger partial charge >= 0.3 is 0 Å². The Bertz CT molecular complexity index is 1020. The van der Waals surface area contributed by atoms with E-state index in [2.05, 4.69) is 5.32 Å². The fourth-order valence-corrected chi connectivity index (χ4v) is 2.76. The van der Waals surface area contributed by atoms with Crippen LogP contribution in [0.1, 0.15) is 10.4 Å². The van der Waals surface area contributed by atoms with Crippen LogP contribution < -0.4 is 5.32 Å². The van der Waals surface area contributed by atoms with E-state index in [0.717, 1.165) is 11.1 Å². The van der Waals surface area contributed by atoms with Crippen LogP contribution in [0, 0.1) is 10.1 Å². The average molecular weight is 403 g/mol. The number of halogens is 2. The number of benzene rings is 3. The molecule has 8 heteroatoms. The fraction of sp³-hybridized carbons (Fsp3) is 0. The summed E-state index contributed by atoms with van der Waals surface area (Å²) >= 11 is 11.7. The number of non-ortho nitro benzene ring substituents is 1. The Morgan fingerprint density at radius 2 is 1.44 bits per heavy atom. The minimum atomic E-state index is -0.533. The van der Waals surface area contributed by atoms with Crippen LogP contribution in [-0.4, -0.2) is 15.9 Å². The minimum Gasteiger partial charge on any atom is -0.507 e. The molecule has 3 rings (SSSR count). The minimum absolute atomic E-state index is 0.00356. The normalized spacial score (nSPS) is 10.4. The molecular formula is C19H12Cl2N2O4. The van der Waals surface area contributed by atoms with Crippen LogP contribution in [0.4, 0.5) is 11.4 Å². The molecule has 136 valence electrons. The van der Waals surface area contributed by atoms with Crippen molar-refractivity contribution in [2.75, 3.05) is 5.32 Å². The number of hydrogen-bond donors (Lipinski definition) is 2. The second-order valence-corrected chi connectivity index (χ2v) is 6.43. The summed E-state index contributed by atoms with van der Waals surface area (Å²) < 4.78 is 0. The number of rotatable bonds is 4. The second-order valence-electron chi connectivity index (χ2n) is 5.62. The van der Waals surface area contributed by atoms with E-state index in [4.69, 9.17) is 23.2 Å². The van der Waals surface area contributed by atoms with E-state index in [9.17, 15) is 20.0 Å².